The van der Waals surface area contributed by atoms with E-state index >= 15 is 0 Å². The molecule has 1 nitrogen and oxygen atoms in total. The average molecular weight is 324 g/mol. The summed E-state index contributed by atoms with van der Waals surface area (Å²) in [5.74, 6) is 0.933. The van der Waals surface area contributed by atoms with Crippen LogP contribution in [0.3, 0.4) is 0 Å². The van der Waals surface area contributed by atoms with Crippen molar-refractivity contribution in [1.29, 1.82) is 0 Å². The Morgan fingerprint density at radius 2 is 1.84 bits per heavy atom. The number of halogens is 1. The molecule has 106 valence electrons. The second-order valence-corrected chi connectivity index (χ2v) is 6.73. The van der Waals surface area contributed by atoms with Crippen molar-refractivity contribution in [3.05, 3.63) is 34.3 Å². The molecule has 1 aromatic carbocycles. The molecular formula is C17H26BrN. The molecule has 1 aliphatic carbocycles. The molecule has 0 amide bonds. The molecule has 19 heavy (non-hydrogen) atoms. The highest BCUT2D eigenvalue weighted by Crippen LogP contribution is 2.28. The van der Waals surface area contributed by atoms with Crippen LogP contribution in [0.15, 0.2) is 28.7 Å². The Balaban J connectivity index is 1.90. The summed E-state index contributed by atoms with van der Waals surface area (Å²) >= 11 is 3.66. The normalized spacial score (nSPS) is 19.1. The van der Waals surface area contributed by atoms with Gasteiger partial charge in [-0.25, -0.2) is 0 Å². The van der Waals surface area contributed by atoms with Crippen LogP contribution in [0.25, 0.3) is 0 Å². The minimum absolute atomic E-state index is 0.613. The lowest BCUT2D eigenvalue weighted by Gasteiger charge is -2.23. The van der Waals surface area contributed by atoms with Crippen LogP contribution in [0, 0.1) is 5.92 Å². The van der Waals surface area contributed by atoms with E-state index in [2.05, 4.69) is 52.6 Å². The summed E-state index contributed by atoms with van der Waals surface area (Å²) in [6.07, 6.45) is 11.1. The molecule has 2 rings (SSSR count). The van der Waals surface area contributed by atoms with Gasteiger partial charge in [0.15, 0.2) is 0 Å². The molecule has 0 spiro atoms. The predicted octanol–water partition coefficient (Wildman–Crippen LogP) is 4.94. The van der Waals surface area contributed by atoms with Gasteiger partial charge in [-0.15, -0.1) is 0 Å². The molecular weight excluding hydrogens is 298 g/mol. The summed E-state index contributed by atoms with van der Waals surface area (Å²) < 4.78 is 1.25. The number of hydrogen-bond donors (Lipinski definition) is 1. The standard InChI is InChI=1S/C17H26BrN/c1-19-16(12-14-8-4-2-3-5-9-14)13-15-10-6-7-11-17(15)18/h6-7,10-11,14,16,19H,2-5,8-9,12-13H2,1H3. The first kappa shape index (κ1) is 15.1. The Bertz CT molecular complexity index is 369. The van der Waals surface area contributed by atoms with Crippen LogP contribution in [-0.4, -0.2) is 13.1 Å². The van der Waals surface area contributed by atoms with Gasteiger partial charge in [-0.1, -0.05) is 72.7 Å². The third-order valence-electron chi connectivity index (χ3n) is 4.42. The Morgan fingerprint density at radius 3 is 2.47 bits per heavy atom. The number of likely N-dealkylation sites (N-methyl/N-ethyl adjacent to an activating group) is 1. The van der Waals surface area contributed by atoms with Crippen molar-refractivity contribution in [2.24, 2.45) is 5.92 Å². The van der Waals surface area contributed by atoms with E-state index in [1.807, 2.05) is 0 Å². The van der Waals surface area contributed by atoms with Gasteiger partial charge in [0.05, 0.1) is 0 Å². The molecule has 0 radical (unpaired) electrons. The summed E-state index contributed by atoms with van der Waals surface area (Å²) in [4.78, 5) is 0. The van der Waals surface area contributed by atoms with E-state index in [1.54, 1.807) is 0 Å². The topological polar surface area (TPSA) is 12.0 Å². The highest BCUT2D eigenvalue weighted by Gasteiger charge is 2.18. The fraction of sp³-hybridized carbons (Fsp3) is 0.647. The second kappa shape index (κ2) is 8.06. The molecule has 1 atom stereocenters. The van der Waals surface area contributed by atoms with Crippen molar-refractivity contribution >= 4 is 15.9 Å². The Morgan fingerprint density at radius 1 is 1.16 bits per heavy atom. The number of hydrogen-bond acceptors (Lipinski definition) is 1. The van der Waals surface area contributed by atoms with Crippen LogP contribution in [0.5, 0.6) is 0 Å². The summed E-state index contributed by atoms with van der Waals surface area (Å²) in [7, 11) is 2.11. The van der Waals surface area contributed by atoms with Gasteiger partial charge in [0, 0.05) is 10.5 Å². The van der Waals surface area contributed by atoms with Crippen LogP contribution >= 0.6 is 15.9 Å². The molecule has 1 aromatic rings. The zero-order chi connectivity index (χ0) is 13.5. The van der Waals surface area contributed by atoms with Crippen molar-refractivity contribution in [2.45, 2.75) is 57.4 Å². The molecule has 2 heteroatoms. The summed E-state index contributed by atoms with van der Waals surface area (Å²) in [5, 5.41) is 3.52. The minimum Gasteiger partial charge on any atom is -0.317 e. The van der Waals surface area contributed by atoms with Crippen molar-refractivity contribution in [2.75, 3.05) is 7.05 Å². The van der Waals surface area contributed by atoms with E-state index in [9.17, 15) is 0 Å². The third-order valence-corrected chi connectivity index (χ3v) is 5.20. The lowest BCUT2D eigenvalue weighted by atomic mass is 9.90. The van der Waals surface area contributed by atoms with Gasteiger partial charge in [0.25, 0.3) is 0 Å². The monoisotopic (exact) mass is 323 g/mol. The van der Waals surface area contributed by atoms with Gasteiger partial charge in [0.1, 0.15) is 0 Å². The second-order valence-electron chi connectivity index (χ2n) is 5.87. The molecule has 0 aromatic heterocycles. The van der Waals surface area contributed by atoms with Crippen LogP contribution in [0.2, 0.25) is 0 Å². The van der Waals surface area contributed by atoms with Crippen molar-refractivity contribution in [3.63, 3.8) is 0 Å². The maximum atomic E-state index is 3.66. The lowest BCUT2D eigenvalue weighted by Crippen LogP contribution is -2.30. The van der Waals surface area contributed by atoms with E-state index in [4.69, 9.17) is 0 Å². The molecule has 0 heterocycles. The zero-order valence-electron chi connectivity index (χ0n) is 12.0. The first-order chi connectivity index (χ1) is 9.29. The maximum Gasteiger partial charge on any atom is 0.0207 e. The number of rotatable bonds is 5. The van der Waals surface area contributed by atoms with Crippen LogP contribution in [0.1, 0.15) is 50.5 Å². The van der Waals surface area contributed by atoms with E-state index in [1.165, 1.54) is 55.0 Å². The fourth-order valence-electron chi connectivity index (χ4n) is 3.23. The number of benzene rings is 1. The summed E-state index contributed by atoms with van der Waals surface area (Å²) in [5.41, 5.74) is 1.43. The van der Waals surface area contributed by atoms with Crippen molar-refractivity contribution in [1.82, 2.24) is 5.32 Å². The molecule has 1 saturated carbocycles. The Kier molecular flexibility index (Phi) is 6.39. The maximum absolute atomic E-state index is 3.66. The Labute approximate surface area is 126 Å². The van der Waals surface area contributed by atoms with Gasteiger partial charge in [-0.2, -0.15) is 0 Å². The third kappa shape index (κ3) is 4.92. The van der Waals surface area contributed by atoms with Crippen LogP contribution in [0.4, 0.5) is 0 Å². The van der Waals surface area contributed by atoms with Gasteiger partial charge in [0.2, 0.25) is 0 Å². The lowest BCUT2D eigenvalue weighted by molar-refractivity contribution is 0.361. The van der Waals surface area contributed by atoms with E-state index in [-0.39, 0.29) is 0 Å². The van der Waals surface area contributed by atoms with Gasteiger partial charge in [-0.3, -0.25) is 0 Å². The van der Waals surface area contributed by atoms with Crippen LogP contribution in [-0.2, 0) is 6.42 Å². The quantitative estimate of drug-likeness (QED) is 0.757. The van der Waals surface area contributed by atoms with E-state index in [0.717, 1.165) is 12.3 Å². The van der Waals surface area contributed by atoms with Crippen molar-refractivity contribution < 1.29 is 0 Å². The first-order valence-electron chi connectivity index (χ1n) is 7.70. The molecule has 1 fully saturated rings. The first-order valence-corrected chi connectivity index (χ1v) is 8.49. The largest absolute Gasteiger partial charge is 0.317 e. The van der Waals surface area contributed by atoms with E-state index in [0.29, 0.717) is 6.04 Å². The highest BCUT2D eigenvalue weighted by atomic mass is 79.9. The molecule has 1 unspecified atom stereocenters. The molecule has 0 aliphatic heterocycles. The number of nitrogens with one attached hydrogen (secondary N) is 1. The summed E-state index contributed by atoms with van der Waals surface area (Å²) in [6.45, 7) is 0. The smallest absolute Gasteiger partial charge is 0.0207 e. The SMILES string of the molecule is CNC(Cc1ccccc1Br)CC1CCCCCC1. The van der Waals surface area contributed by atoms with Gasteiger partial charge < -0.3 is 5.32 Å². The summed E-state index contributed by atoms with van der Waals surface area (Å²) in [6, 6.07) is 9.22. The molecule has 1 N–H and O–H groups in total. The zero-order valence-corrected chi connectivity index (χ0v) is 13.6. The highest BCUT2D eigenvalue weighted by molar-refractivity contribution is 9.10. The minimum atomic E-state index is 0.613. The van der Waals surface area contributed by atoms with Gasteiger partial charge >= 0.3 is 0 Å². The molecule has 1 aliphatic rings. The Hall–Kier alpha value is -0.340. The van der Waals surface area contributed by atoms with Gasteiger partial charge in [-0.05, 0) is 37.4 Å². The van der Waals surface area contributed by atoms with Crippen LogP contribution < -0.4 is 5.32 Å². The molecule has 0 saturated heterocycles. The average Bonchev–Trinajstić information content (AvgIpc) is 2.69. The predicted molar refractivity (Wildman–Crippen MR) is 86.5 cm³/mol. The van der Waals surface area contributed by atoms with Crippen molar-refractivity contribution in [3.8, 4) is 0 Å². The van der Waals surface area contributed by atoms with E-state index < -0.39 is 0 Å². The molecule has 0 bridgehead atoms. The fourth-order valence-corrected chi connectivity index (χ4v) is 3.68.